The van der Waals surface area contributed by atoms with E-state index in [1.807, 2.05) is 0 Å². The summed E-state index contributed by atoms with van der Waals surface area (Å²) < 4.78 is 116. The summed E-state index contributed by atoms with van der Waals surface area (Å²) in [7, 11) is -4.29. The van der Waals surface area contributed by atoms with Crippen LogP contribution in [0.3, 0.4) is 0 Å². The molecule has 5 rings (SSSR count). The van der Waals surface area contributed by atoms with E-state index in [0.717, 1.165) is 36.4 Å². The Morgan fingerprint density at radius 2 is 1.57 bits per heavy atom. The summed E-state index contributed by atoms with van der Waals surface area (Å²) >= 11 is 0. The average molecular weight is 589 g/mol. The Bertz CT molecular complexity index is 1490. The van der Waals surface area contributed by atoms with Gasteiger partial charge in [-0.25, -0.2) is 13.1 Å². The lowest BCUT2D eigenvalue weighted by atomic mass is 9.86. The van der Waals surface area contributed by atoms with Crippen molar-refractivity contribution < 1.29 is 49.3 Å². The van der Waals surface area contributed by atoms with Gasteiger partial charge in [-0.3, -0.25) is 0 Å². The van der Waals surface area contributed by atoms with E-state index in [-0.39, 0.29) is 22.8 Å². The van der Waals surface area contributed by atoms with Crippen LogP contribution < -0.4 is 19.1 Å². The number of fused-ring (bicyclic) bond motifs is 2. The summed E-state index contributed by atoms with van der Waals surface area (Å²) in [4.78, 5) is 1.19. The lowest BCUT2D eigenvalue weighted by Gasteiger charge is -2.45. The quantitative estimate of drug-likeness (QED) is 0.350. The van der Waals surface area contributed by atoms with Gasteiger partial charge in [0.15, 0.2) is 11.5 Å². The van der Waals surface area contributed by atoms with Gasteiger partial charge >= 0.3 is 12.5 Å². The van der Waals surface area contributed by atoms with E-state index in [1.54, 1.807) is 24.3 Å². The van der Waals surface area contributed by atoms with Gasteiger partial charge in [0.2, 0.25) is 10.0 Å². The third kappa shape index (κ3) is 5.69. The molecule has 3 aromatic rings. The maximum absolute atomic E-state index is 13.6. The molecule has 1 aliphatic carbocycles. The van der Waals surface area contributed by atoms with Crippen LogP contribution in [-0.4, -0.2) is 38.1 Å². The number of aliphatic hydroxyl groups excluding tert-OH is 1. The second-order valence-corrected chi connectivity index (χ2v) is 11.1. The Balaban J connectivity index is 1.44. The van der Waals surface area contributed by atoms with Gasteiger partial charge in [-0.15, -0.1) is 13.2 Å². The number of nitrogens with zero attached hydrogens (tertiary/aromatic N) is 1. The number of para-hydroxylation sites is 2. The molecular weight excluding hydrogens is 566 g/mol. The zero-order valence-corrected chi connectivity index (χ0v) is 21.2. The van der Waals surface area contributed by atoms with Gasteiger partial charge in [0.25, 0.3) is 0 Å². The van der Waals surface area contributed by atoms with E-state index in [0.29, 0.717) is 24.3 Å². The first-order valence-corrected chi connectivity index (χ1v) is 13.5. The Morgan fingerprint density at radius 1 is 0.900 bits per heavy atom. The fraction of sp³-hybridized carbons (Fsp3) is 0.308. The number of sulfonamides is 1. The minimum Gasteiger partial charge on any atom is -0.453 e. The summed E-state index contributed by atoms with van der Waals surface area (Å²) in [6.45, 7) is 0. The number of ether oxygens (including phenoxy) is 2. The average Bonchev–Trinajstić information content (AvgIpc) is 2.87. The van der Waals surface area contributed by atoms with Crippen molar-refractivity contribution in [3.05, 3.63) is 72.3 Å². The van der Waals surface area contributed by atoms with Crippen molar-refractivity contribution in [1.82, 2.24) is 4.72 Å². The number of hydrogen-bond acceptors (Lipinski definition) is 6. The van der Waals surface area contributed by atoms with Crippen LogP contribution in [-0.2, 0) is 16.2 Å². The summed E-state index contributed by atoms with van der Waals surface area (Å²) in [5, 5.41) is 11.4. The van der Waals surface area contributed by atoms with Gasteiger partial charge in [-0.1, -0.05) is 12.1 Å². The highest BCUT2D eigenvalue weighted by molar-refractivity contribution is 7.89. The van der Waals surface area contributed by atoms with Crippen molar-refractivity contribution >= 4 is 21.4 Å². The van der Waals surface area contributed by atoms with Crippen LogP contribution in [0.5, 0.6) is 17.2 Å². The summed E-state index contributed by atoms with van der Waals surface area (Å²) in [6.07, 6.45) is -9.99. The molecule has 3 atom stereocenters. The molecule has 0 amide bonds. The van der Waals surface area contributed by atoms with Gasteiger partial charge in [0, 0.05) is 0 Å². The highest BCUT2D eigenvalue weighted by atomic mass is 32.2. The second-order valence-electron chi connectivity index (χ2n) is 9.36. The maximum Gasteiger partial charge on any atom is 0.573 e. The zero-order chi connectivity index (χ0) is 28.9. The molecule has 7 nitrogen and oxygen atoms in total. The van der Waals surface area contributed by atoms with Crippen molar-refractivity contribution in [2.75, 3.05) is 4.90 Å². The minimum atomic E-state index is -4.95. The molecule has 0 aromatic heterocycles. The molecule has 0 spiro atoms. The highest BCUT2D eigenvalue weighted by Crippen LogP contribution is 2.50. The lowest BCUT2D eigenvalue weighted by molar-refractivity contribution is -0.274. The van der Waals surface area contributed by atoms with Crippen LogP contribution in [0.1, 0.15) is 24.8 Å². The third-order valence-electron chi connectivity index (χ3n) is 6.72. The van der Waals surface area contributed by atoms with E-state index in [9.17, 15) is 39.9 Å². The minimum absolute atomic E-state index is 0.0707. The lowest BCUT2D eigenvalue weighted by Crippen LogP contribution is -2.56. The monoisotopic (exact) mass is 588 g/mol. The zero-order valence-electron chi connectivity index (χ0n) is 20.4. The molecule has 0 radical (unpaired) electrons. The summed E-state index contributed by atoms with van der Waals surface area (Å²) in [6, 6.07) is 11.3. The normalized spacial score (nSPS) is 21.3. The van der Waals surface area contributed by atoms with Crippen LogP contribution in [0, 0.1) is 0 Å². The van der Waals surface area contributed by atoms with Gasteiger partial charge in [0.05, 0.1) is 40.0 Å². The summed E-state index contributed by atoms with van der Waals surface area (Å²) in [5.74, 6) is -0.110. The maximum atomic E-state index is 13.6. The van der Waals surface area contributed by atoms with Crippen molar-refractivity contribution in [2.45, 2.75) is 54.9 Å². The first-order valence-electron chi connectivity index (χ1n) is 12.1. The van der Waals surface area contributed by atoms with Crippen LogP contribution in [0.15, 0.2) is 71.6 Å². The molecular formula is C26H22F6N2O5S. The first-order chi connectivity index (χ1) is 18.7. The van der Waals surface area contributed by atoms with Crippen molar-refractivity contribution in [2.24, 2.45) is 0 Å². The SMILES string of the molecule is O=S(=O)(N[C@@H]1CCC[C@H](N2c3ccccc3Oc3ccc(C(F)(F)F)cc32)[C@H]1O)c1ccc(OC(F)(F)F)cc1. The van der Waals surface area contributed by atoms with E-state index in [1.165, 1.54) is 11.0 Å². The molecule has 0 unspecified atom stereocenters. The molecule has 14 heteroatoms. The molecule has 0 bridgehead atoms. The molecule has 1 fully saturated rings. The van der Waals surface area contributed by atoms with E-state index < -0.39 is 52.1 Å². The van der Waals surface area contributed by atoms with Crippen molar-refractivity contribution in [3.8, 4) is 17.2 Å². The van der Waals surface area contributed by atoms with Gasteiger partial charge in [-0.05, 0) is 73.9 Å². The number of hydrogen-bond donors (Lipinski definition) is 2. The molecule has 1 aliphatic heterocycles. The topological polar surface area (TPSA) is 88.1 Å². The first kappa shape index (κ1) is 28.1. The summed E-state index contributed by atoms with van der Waals surface area (Å²) in [5.41, 5.74) is -0.441. The van der Waals surface area contributed by atoms with Gasteiger partial charge < -0.3 is 19.5 Å². The predicted octanol–water partition coefficient (Wildman–Crippen LogP) is 6.11. The number of alkyl halides is 6. The number of aliphatic hydroxyl groups is 1. The van der Waals surface area contributed by atoms with Crippen LogP contribution in [0.4, 0.5) is 37.7 Å². The predicted molar refractivity (Wildman–Crippen MR) is 131 cm³/mol. The second kappa shape index (κ2) is 10.2. The Kier molecular flexibility index (Phi) is 7.13. The molecule has 40 heavy (non-hydrogen) atoms. The van der Waals surface area contributed by atoms with Crippen molar-refractivity contribution in [1.29, 1.82) is 0 Å². The molecule has 2 aliphatic rings. The standard InChI is InChI=1S/C26H22F6N2O5S/c27-25(28,29)15-8-13-23-21(14-15)34(19-5-1-2-7-22(19)38-23)20-6-3-4-18(24(20)35)33-40(36,37)17-11-9-16(10-12-17)39-26(30,31)32/h1-2,5,7-14,18,20,24,33,35H,3-4,6H2/t18-,20+,24+/m1/s1. The van der Waals surface area contributed by atoms with E-state index in [2.05, 4.69) is 9.46 Å². The number of halogens is 6. The molecule has 1 heterocycles. The molecule has 1 saturated carbocycles. The van der Waals surface area contributed by atoms with Gasteiger partial charge in [0.1, 0.15) is 5.75 Å². The number of anilines is 2. The molecule has 2 N–H and O–H groups in total. The molecule has 214 valence electrons. The van der Waals surface area contributed by atoms with E-state index >= 15 is 0 Å². The Morgan fingerprint density at radius 3 is 2.25 bits per heavy atom. The number of nitrogens with one attached hydrogen (secondary N) is 1. The van der Waals surface area contributed by atoms with E-state index in [4.69, 9.17) is 4.74 Å². The Hall–Kier alpha value is -3.49. The fourth-order valence-electron chi connectivity index (χ4n) is 4.97. The van der Waals surface area contributed by atoms with Crippen molar-refractivity contribution in [3.63, 3.8) is 0 Å². The largest absolute Gasteiger partial charge is 0.573 e. The van der Waals surface area contributed by atoms with Crippen LogP contribution in [0.2, 0.25) is 0 Å². The highest BCUT2D eigenvalue weighted by Gasteiger charge is 2.42. The van der Waals surface area contributed by atoms with Crippen LogP contribution >= 0.6 is 0 Å². The Labute approximate surface area is 225 Å². The van der Waals surface area contributed by atoms with Crippen LogP contribution in [0.25, 0.3) is 0 Å². The smallest absolute Gasteiger partial charge is 0.453 e. The number of rotatable bonds is 5. The molecule has 3 aromatic carbocycles. The molecule has 0 saturated heterocycles. The van der Waals surface area contributed by atoms with Gasteiger partial charge in [-0.2, -0.15) is 13.2 Å². The number of benzene rings is 3. The third-order valence-corrected chi connectivity index (χ3v) is 8.22. The fourth-order valence-corrected chi connectivity index (χ4v) is 6.26.